The van der Waals surface area contributed by atoms with Gasteiger partial charge < -0.3 is 9.88 Å². The zero-order valence-corrected chi connectivity index (χ0v) is 12.3. The Morgan fingerprint density at radius 3 is 2.79 bits per heavy atom. The maximum atomic E-state index is 4.08. The van der Waals surface area contributed by atoms with E-state index in [-0.39, 0.29) is 0 Å². The Morgan fingerprint density at radius 1 is 1.26 bits per heavy atom. The van der Waals surface area contributed by atoms with Gasteiger partial charge in [0.25, 0.3) is 0 Å². The van der Waals surface area contributed by atoms with E-state index < -0.39 is 0 Å². The summed E-state index contributed by atoms with van der Waals surface area (Å²) in [6.45, 7) is 5.45. The van der Waals surface area contributed by atoms with E-state index in [4.69, 9.17) is 0 Å². The SMILES string of the molecule is Brc1cc(CN2CCNCC2)ccc1-n1ccnc1. The highest BCUT2D eigenvalue weighted by molar-refractivity contribution is 9.10. The van der Waals surface area contributed by atoms with Crippen molar-refractivity contribution in [1.29, 1.82) is 0 Å². The van der Waals surface area contributed by atoms with Crippen LogP contribution in [0, 0.1) is 0 Å². The largest absolute Gasteiger partial charge is 0.314 e. The summed E-state index contributed by atoms with van der Waals surface area (Å²) in [6.07, 6.45) is 5.56. The van der Waals surface area contributed by atoms with Crippen LogP contribution in [-0.4, -0.2) is 40.6 Å². The lowest BCUT2D eigenvalue weighted by molar-refractivity contribution is 0.233. The van der Waals surface area contributed by atoms with Crippen LogP contribution in [0.15, 0.2) is 41.4 Å². The third kappa shape index (κ3) is 3.05. The van der Waals surface area contributed by atoms with Crippen molar-refractivity contribution in [3.8, 4) is 5.69 Å². The summed E-state index contributed by atoms with van der Waals surface area (Å²) in [5.74, 6) is 0. The second-order valence-electron chi connectivity index (χ2n) is 4.78. The molecule has 1 aromatic carbocycles. The van der Waals surface area contributed by atoms with Crippen LogP contribution in [0.25, 0.3) is 5.69 Å². The number of hydrogen-bond donors (Lipinski definition) is 1. The molecule has 100 valence electrons. The van der Waals surface area contributed by atoms with Gasteiger partial charge in [0.05, 0.1) is 12.0 Å². The molecule has 0 amide bonds. The molecule has 0 unspecified atom stereocenters. The average molecular weight is 321 g/mol. The molecule has 4 nitrogen and oxygen atoms in total. The van der Waals surface area contributed by atoms with Crippen LogP contribution >= 0.6 is 15.9 Å². The van der Waals surface area contributed by atoms with E-state index in [1.807, 2.05) is 17.1 Å². The van der Waals surface area contributed by atoms with E-state index in [1.165, 1.54) is 5.56 Å². The normalized spacial score (nSPS) is 16.7. The third-order valence-electron chi connectivity index (χ3n) is 3.41. The molecule has 1 aromatic heterocycles. The Labute approximate surface area is 121 Å². The van der Waals surface area contributed by atoms with Gasteiger partial charge in [-0.1, -0.05) is 6.07 Å². The van der Waals surface area contributed by atoms with Gasteiger partial charge in [-0.2, -0.15) is 0 Å². The van der Waals surface area contributed by atoms with Crippen LogP contribution in [-0.2, 0) is 6.54 Å². The maximum Gasteiger partial charge on any atom is 0.0992 e. The Kier molecular flexibility index (Phi) is 3.96. The molecule has 2 aromatic rings. The number of aromatic nitrogens is 2. The lowest BCUT2D eigenvalue weighted by Crippen LogP contribution is -2.42. The molecule has 0 bridgehead atoms. The third-order valence-corrected chi connectivity index (χ3v) is 4.05. The summed E-state index contributed by atoms with van der Waals surface area (Å²) < 4.78 is 3.12. The van der Waals surface area contributed by atoms with Crippen molar-refractivity contribution in [2.75, 3.05) is 26.2 Å². The van der Waals surface area contributed by atoms with Crippen LogP contribution < -0.4 is 5.32 Å². The van der Waals surface area contributed by atoms with Gasteiger partial charge in [-0.3, -0.25) is 4.90 Å². The van der Waals surface area contributed by atoms with E-state index in [0.29, 0.717) is 0 Å². The first-order valence-corrected chi connectivity index (χ1v) is 7.32. The number of benzene rings is 1. The highest BCUT2D eigenvalue weighted by Crippen LogP contribution is 2.23. The van der Waals surface area contributed by atoms with Crippen molar-refractivity contribution in [3.05, 3.63) is 47.0 Å². The van der Waals surface area contributed by atoms with Crippen LogP contribution in [0.2, 0.25) is 0 Å². The minimum Gasteiger partial charge on any atom is -0.314 e. The van der Waals surface area contributed by atoms with Gasteiger partial charge in [0, 0.05) is 49.6 Å². The summed E-state index contributed by atoms with van der Waals surface area (Å²) >= 11 is 3.65. The van der Waals surface area contributed by atoms with Crippen molar-refractivity contribution in [2.24, 2.45) is 0 Å². The summed E-state index contributed by atoms with van der Waals surface area (Å²) in [6, 6.07) is 6.54. The zero-order valence-electron chi connectivity index (χ0n) is 10.7. The van der Waals surface area contributed by atoms with Crippen molar-refractivity contribution in [1.82, 2.24) is 19.8 Å². The van der Waals surface area contributed by atoms with E-state index >= 15 is 0 Å². The molecule has 0 spiro atoms. The van der Waals surface area contributed by atoms with E-state index in [0.717, 1.165) is 42.9 Å². The topological polar surface area (TPSA) is 33.1 Å². The van der Waals surface area contributed by atoms with Crippen molar-refractivity contribution < 1.29 is 0 Å². The summed E-state index contributed by atoms with van der Waals surface area (Å²) in [5.41, 5.74) is 2.47. The van der Waals surface area contributed by atoms with Gasteiger partial charge in [0.2, 0.25) is 0 Å². The predicted molar refractivity (Wildman–Crippen MR) is 79.4 cm³/mol. The lowest BCUT2D eigenvalue weighted by Gasteiger charge is -2.27. The van der Waals surface area contributed by atoms with Crippen LogP contribution in [0.4, 0.5) is 0 Å². The summed E-state index contributed by atoms with van der Waals surface area (Å²) in [4.78, 5) is 6.56. The standard InChI is InChI=1S/C14H17BrN4/c15-13-9-12(10-18-6-3-16-4-7-18)1-2-14(13)19-8-5-17-11-19/h1-2,5,8-9,11,16H,3-4,6-7,10H2. The number of hydrogen-bond acceptors (Lipinski definition) is 3. The summed E-state index contributed by atoms with van der Waals surface area (Å²) in [5, 5.41) is 3.38. The number of nitrogens with one attached hydrogen (secondary N) is 1. The lowest BCUT2D eigenvalue weighted by atomic mass is 10.2. The van der Waals surface area contributed by atoms with Gasteiger partial charge in [-0.15, -0.1) is 0 Å². The molecule has 1 aliphatic heterocycles. The zero-order chi connectivity index (χ0) is 13.1. The van der Waals surface area contributed by atoms with Gasteiger partial charge in [0.1, 0.15) is 0 Å². The van der Waals surface area contributed by atoms with Crippen molar-refractivity contribution in [3.63, 3.8) is 0 Å². The van der Waals surface area contributed by atoms with Crippen molar-refractivity contribution >= 4 is 15.9 Å². The Hall–Kier alpha value is -1.17. The molecule has 5 heteroatoms. The molecule has 1 aliphatic rings. The fourth-order valence-electron chi connectivity index (χ4n) is 2.39. The molecule has 1 fully saturated rings. The van der Waals surface area contributed by atoms with Crippen LogP contribution in [0.3, 0.4) is 0 Å². The highest BCUT2D eigenvalue weighted by Gasteiger charge is 2.11. The Morgan fingerprint density at radius 2 is 2.11 bits per heavy atom. The second kappa shape index (κ2) is 5.86. The molecule has 1 saturated heterocycles. The molecule has 0 radical (unpaired) electrons. The highest BCUT2D eigenvalue weighted by atomic mass is 79.9. The van der Waals surface area contributed by atoms with Gasteiger partial charge >= 0.3 is 0 Å². The number of rotatable bonds is 3. The van der Waals surface area contributed by atoms with Crippen molar-refractivity contribution in [2.45, 2.75) is 6.54 Å². The average Bonchev–Trinajstić information content (AvgIpc) is 2.94. The molecule has 0 saturated carbocycles. The number of halogens is 1. The molecule has 0 atom stereocenters. The molecule has 19 heavy (non-hydrogen) atoms. The first-order chi connectivity index (χ1) is 9.33. The molecule has 1 N–H and O–H groups in total. The van der Waals surface area contributed by atoms with Gasteiger partial charge in [0.15, 0.2) is 0 Å². The monoisotopic (exact) mass is 320 g/mol. The smallest absolute Gasteiger partial charge is 0.0992 e. The van der Waals surface area contributed by atoms with E-state index in [2.05, 4.69) is 49.3 Å². The first kappa shape index (κ1) is 12.8. The molecule has 3 rings (SSSR count). The molecular weight excluding hydrogens is 304 g/mol. The first-order valence-electron chi connectivity index (χ1n) is 6.53. The second-order valence-corrected chi connectivity index (χ2v) is 5.64. The molecule has 0 aliphatic carbocycles. The van der Waals surface area contributed by atoms with Crippen LogP contribution in [0.1, 0.15) is 5.56 Å². The Bertz CT molecular complexity index is 532. The fourth-order valence-corrected chi connectivity index (χ4v) is 3.02. The predicted octanol–water partition coefficient (Wildman–Crippen LogP) is 2.04. The van der Waals surface area contributed by atoms with E-state index in [1.54, 1.807) is 6.20 Å². The number of piperazine rings is 1. The minimum absolute atomic E-state index is 1.02. The molecular formula is C14H17BrN4. The minimum atomic E-state index is 1.02. The fraction of sp³-hybridized carbons (Fsp3) is 0.357. The number of imidazole rings is 1. The van der Waals surface area contributed by atoms with Gasteiger partial charge in [-0.25, -0.2) is 4.98 Å². The number of nitrogens with zero attached hydrogens (tertiary/aromatic N) is 3. The van der Waals surface area contributed by atoms with E-state index in [9.17, 15) is 0 Å². The quantitative estimate of drug-likeness (QED) is 0.939. The molecule has 2 heterocycles. The van der Waals surface area contributed by atoms with Crippen LogP contribution in [0.5, 0.6) is 0 Å². The summed E-state index contributed by atoms with van der Waals surface area (Å²) in [7, 11) is 0. The van der Waals surface area contributed by atoms with Gasteiger partial charge in [-0.05, 0) is 33.6 Å². The maximum absolute atomic E-state index is 4.08. The Balaban J connectivity index is 1.75.